The molecule has 0 aromatic carbocycles. The van der Waals surface area contributed by atoms with Gasteiger partial charge in [0.1, 0.15) is 0 Å². The molecule has 0 aliphatic heterocycles. The van der Waals surface area contributed by atoms with Crippen LogP contribution in [0, 0.1) is 0 Å². The van der Waals surface area contributed by atoms with Gasteiger partial charge in [-0.2, -0.15) is 0 Å². The second-order valence-corrected chi connectivity index (χ2v) is 3.70. The van der Waals surface area contributed by atoms with E-state index in [0.717, 1.165) is 18.0 Å². The van der Waals surface area contributed by atoms with Crippen LogP contribution in [0.4, 0.5) is 5.82 Å². The predicted molar refractivity (Wildman–Crippen MR) is 65.0 cm³/mol. The number of pyridine rings is 1. The largest absolute Gasteiger partial charge is 0.490 e. The summed E-state index contributed by atoms with van der Waals surface area (Å²) in [5.74, 6) is 1.58. The van der Waals surface area contributed by atoms with Crippen LogP contribution in [0.15, 0.2) is 18.3 Å². The standard InChI is InChI=1S/C12H20N2O2/c1-4-8-16-11-6-5-7-13-12(11)14-10(2)9-15-3/h5-7,10H,4,8-9H2,1-3H3,(H,13,14). The zero-order chi connectivity index (χ0) is 11.8. The van der Waals surface area contributed by atoms with E-state index in [2.05, 4.69) is 17.2 Å². The van der Waals surface area contributed by atoms with Crippen molar-refractivity contribution in [1.29, 1.82) is 0 Å². The summed E-state index contributed by atoms with van der Waals surface area (Å²) >= 11 is 0. The molecule has 1 rings (SSSR count). The summed E-state index contributed by atoms with van der Waals surface area (Å²) in [5.41, 5.74) is 0. The molecule has 0 aliphatic rings. The van der Waals surface area contributed by atoms with Crippen LogP contribution in [0.25, 0.3) is 0 Å². The van der Waals surface area contributed by atoms with Crippen LogP contribution in [0.2, 0.25) is 0 Å². The number of aromatic nitrogens is 1. The minimum atomic E-state index is 0.212. The molecule has 1 unspecified atom stereocenters. The second-order valence-electron chi connectivity index (χ2n) is 3.70. The number of rotatable bonds is 7. The van der Waals surface area contributed by atoms with Crippen molar-refractivity contribution in [3.05, 3.63) is 18.3 Å². The Labute approximate surface area is 97.0 Å². The van der Waals surface area contributed by atoms with Gasteiger partial charge in [-0.05, 0) is 25.5 Å². The highest BCUT2D eigenvalue weighted by atomic mass is 16.5. The molecule has 0 aliphatic carbocycles. The molecular formula is C12H20N2O2. The van der Waals surface area contributed by atoms with E-state index in [1.165, 1.54) is 0 Å². The summed E-state index contributed by atoms with van der Waals surface area (Å²) in [7, 11) is 1.69. The number of nitrogens with zero attached hydrogens (tertiary/aromatic N) is 1. The summed E-state index contributed by atoms with van der Waals surface area (Å²) in [6, 6.07) is 4.01. The molecule has 0 bridgehead atoms. The lowest BCUT2D eigenvalue weighted by atomic mass is 10.3. The lowest BCUT2D eigenvalue weighted by Crippen LogP contribution is -2.21. The minimum absolute atomic E-state index is 0.212. The highest BCUT2D eigenvalue weighted by molar-refractivity contribution is 5.50. The predicted octanol–water partition coefficient (Wildman–Crippen LogP) is 2.32. The van der Waals surface area contributed by atoms with Gasteiger partial charge in [-0.25, -0.2) is 4.98 Å². The second kappa shape index (κ2) is 7.06. The maximum Gasteiger partial charge on any atom is 0.169 e. The van der Waals surface area contributed by atoms with E-state index in [9.17, 15) is 0 Å². The van der Waals surface area contributed by atoms with Crippen molar-refractivity contribution in [2.45, 2.75) is 26.3 Å². The first-order valence-electron chi connectivity index (χ1n) is 5.61. The van der Waals surface area contributed by atoms with Gasteiger partial charge < -0.3 is 14.8 Å². The molecule has 4 nitrogen and oxygen atoms in total. The van der Waals surface area contributed by atoms with Crippen LogP contribution in [0.3, 0.4) is 0 Å². The first-order valence-corrected chi connectivity index (χ1v) is 5.61. The monoisotopic (exact) mass is 224 g/mol. The average Bonchev–Trinajstić information content (AvgIpc) is 2.28. The van der Waals surface area contributed by atoms with Crippen molar-refractivity contribution in [3.8, 4) is 5.75 Å². The van der Waals surface area contributed by atoms with Crippen molar-refractivity contribution in [2.24, 2.45) is 0 Å². The van der Waals surface area contributed by atoms with E-state index in [1.54, 1.807) is 13.3 Å². The molecule has 0 spiro atoms. The van der Waals surface area contributed by atoms with Crippen molar-refractivity contribution in [1.82, 2.24) is 4.98 Å². The Kier molecular flexibility index (Phi) is 5.64. The van der Waals surface area contributed by atoms with Gasteiger partial charge in [-0.3, -0.25) is 0 Å². The van der Waals surface area contributed by atoms with E-state index in [-0.39, 0.29) is 6.04 Å². The van der Waals surface area contributed by atoms with E-state index in [0.29, 0.717) is 13.2 Å². The quantitative estimate of drug-likeness (QED) is 0.772. The molecular weight excluding hydrogens is 204 g/mol. The Balaban J connectivity index is 2.62. The lowest BCUT2D eigenvalue weighted by molar-refractivity contribution is 0.190. The van der Waals surface area contributed by atoms with Gasteiger partial charge in [-0.1, -0.05) is 6.92 Å². The van der Waals surface area contributed by atoms with Gasteiger partial charge in [0.15, 0.2) is 11.6 Å². The molecule has 1 heterocycles. The summed E-state index contributed by atoms with van der Waals surface area (Å²) in [5, 5.41) is 3.26. The fourth-order valence-corrected chi connectivity index (χ4v) is 1.35. The van der Waals surface area contributed by atoms with Crippen molar-refractivity contribution < 1.29 is 9.47 Å². The number of methoxy groups -OCH3 is 1. The van der Waals surface area contributed by atoms with Crippen molar-refractivity contribution >= 4 is 5.82 Å². The van der Waals surface area contributed by atoms with Crippen LogP contribution < -0.4 is 10.1 Å². The molecule has 1 atom stereocenters. The molecule has 0 saturated carbocycles. The van der Waals surface area contributed by atoms with E-state index in [1.807, 2.05) is 19.1 Å². The van der Waals surface area contributed by atoms with E-state index < -0.39 is 0 Å². The van der Waals surface area contributed by atoms with Crippen LogP contribution in [0.5, 0.6) is 5.75 Å². The van der Waals surface area contributed by atoms with Gasteiger partial charge >= 0.3 is 0 Å². The lowest BCUT2D eigenvalue weighted by Gasteiger charge is -2.16. The topological polar surface area (TPSA) is 43.4 Å². The Morgan fingerprint density at radius 3 is 3.00 bits per heavy atom. The highest BCUT2D eigenvalue weighted by Crippen LogP contribution is 2.21. The molecule has 16 heavy (non-hydrogen) atoms. The first kappa shape index (κ1) is 12.8. The molecule has 0 radical (unpaired) electrons. The number of hydrogen-bond donors (Lipinski definition) is 1. The average molecular weight is 224 g/mol. The Hall–Kier alpha value is -1.29. The van der Waals surface area contributed by atoms with Crippen LogP contribution in [-0.4, -0.2) is 31.3 Å². The third-order valence-corrected chi connectivity index (χ3v) is 2.03. The molecule has 1 N–H and O–H groups in total. The van der Waals surface area contributed by atoms with E-state index in [4.69, 9.17) is 9.47 Å². The minimum Gasteiger partial charge on any atom is -0.490 e. The summed E-state index contributed by atoms with van der Waals surface area (Å²) in [6.45, 7) is 5.47. The van der Waals surface area contributed by atoms with Gasteiger partial charge in [0, 0.05) is 19.3 Å². The zero-order valence-corrected chi connectivity index (χ0v) is 10.2. The van der Waals surface area contributed by atoms with Gasteiger partial charge in [0.25, 0.3) is 0 Å². The van der Waals surface area contributed by atoms with Crippen molar-refractivity contribution in [3.63, 3.8) is 0 Å². The number of nitrogens with one attached hydrogen (secondary N) is 1. The molecule has 90 valence electrons. The number of ether oxygens (including phenoxy) is 2. The molecule has 4 heteroatoms. The Morgan fingerprint density at radius 1 is 1.50 bits per heavy atom. The molecule has 1 aromatic rings. The van der Waals surface area contributed by atoms with E-state index >= 15 is 0 Å². The molecule has 0 amide bonds. The van der Waals surface area contributed by atoms with Gasteiger partial charge in [0.05, 0.1) is 13.2 Å². The summed E-state index contributed by atoms with van der Waals surface area (Å²) in [6.07, 6.45) is 2.74. The fourth-order valence-electron chi connectivity index (χ4n) is 1.35. The smallest absolute Gasteiger partial charge is 0.169 e. The zero-order valence-electron chi connectivity index (χ0n) is 10.2. The van der Waals surface area contributed by atoms with Gasteiger partial charge in [0.2, 0.25) is 0 Å². The number of hydrogen-bond acceptors (Lipinski definition) is 4. The third kappa shape index (κ3) is 4.06. The third-order valence-electron chi connectivity index (χ3n) is 2.03. The summed E-state index contributed by atoms with van der Waals surface area (Å²) in [4.78, 5) is 4.26. The van der Waals surface area contributed by atoms with Gasteiger partial charge in [-0.15, -0.1) is 0 Å². The van der Waals surface area contributed by atoms with Crippen molar-refractivity contribution in [2.75, 3.05) is 25.6 Å². The number of anilines is 1. The van der Waals surface area contributed by atoms with Crippen LogP contribution in [0.1, 0.15) is 20.3 Å². The van der Waals surface area contributed by atoms with Crippen LogP contribution >= 0.6 is 0 Å². The first-order chi connectivity index (χ1) is 7.77. The fraction of sp³-hybridized carbons (Fsp3) is 0.583. The highest BCUT2D eigenvalue weighted by Gasteiger charge is 2.07. The normalized spacial score (nSPS) is 12.2. The maximum absolute atomic E-state index is 5.60. The molecule has 1 aromatic heterocycles. The SMILES string of the molecule is CCCOc1cccnc1NC(C)COC. The van der Waals surface area contributed by atoms with Crippen LogP contribution in [-0.2, 0) is 4.74 Å². The molecule has 0 fully saturated rings. The Bertz CT molecular complexity index is 305. The molecule has 0 saturated heterocycles. The summed E-state index contributed by atoms with van der Waals surface area (Å²) < 4.78 is 10.7. The maximum atomic E-state index is 5.60. The Morgan fingerprint density at radius 2 is 2.31 bits per heavy atom.